The number of nitrogens with one attached hydrogen (secondary N) is 3. The van der Waals surface area contributed by atoms with Crippen molar-refractivity contribution in [3.05, 3.63) is 11.5 Å². The van der Waals surface area contributed by atoms with Gasteiger partial charge in [0.2, 0.25) is 17.7 Å². The molecule has 0 radical (unpaired) electrons. The molecule has 5 saturated heterocycles. The molecular weight excluding hydrogens is 1080 g/mol. The van der Waals surface area contributed by atoms with Gasteiger partial charge in [-0.3, -0.25) is 28.5 Å². The maximum atomic E-state index is 13.2. The standard InChI is InChI=1S/C40H62N5O31P/c1-8-27(70-38-25(58)22(55)23(56)31(73-38)34(61)45-15-11(49)4-5-12(15)50)19(52)16(43-9(2)47)35(67-8)71-28-14(7-66-37-24(57)21(54)18(51)13(6-46)68-37)69-36(17(20(28)53)44-10(3)48)74-32-29(75-40(42)62)26(59)30(33(41)60)72-39(32)76-77(63,64)65/h8,13-14,16-32,35-39,46,49,51-59H,4-7H2,1-3H3,(H2,41,60)(H2,42,62)(H,43,47)(H,44,48)(H,45,61)(H2,63,64,65). The second kappa shape index (κ2) is 25.4. The molecular formula is C40H62N5O31P. The highest BCUT2D eigenvalue weighted by atomic mass is 31.2. The Balaban J connectivity index is 1.33. The number of phosphoric ester groups is 1. The lowest BCUT2D eigenvalue weighted by molar-refractivity contribution is -0.370. The first-order valence-corrected chi connectivity index (χ1v) is 24.9. The molecule has 0 saturated carbocycles. The van der Waals surface area contributed by atoms with Crippen LogP contribution in [-0.4, -0.2) is 268 Å². The summed E-state index contributed by atoms with van der Waals surface area (Å²) in [5.74, 6) is -5.80. The van der Waals surface area contributed by atoms with Gasteiger partial charge < -0.3 is 141 Å². The summed E-state index contributed by atoms with van der Waals surface area (Å²) < 4.78 is 73.8. The normalized spacial score (nSPS) is 42.8. The minimum absolute atomic E-state index is 0.111. The van der Waals surface area contributed by atoms with Crippen molar-refractivity contribution in [2.24, 2.45) is 11.5 Å². The van der Waals surface area contributed by atoms with Crippen LogP contribution in [0, 0.1) is 0 Å². The lowest BCUT2D eigenvalue weighted by atomic mass is 9.93. The molecule has 5 heterocycles. The topological polar surface area (TPSA) is 572 Å². The van der Waals surface area contributed by atoms with Crippen LogP contribution in [0.1, 0.15) is 33.6 Å². The van der Waals surface area contributed by atoms with E-state index in [1.807, 2.05) is 0 Å². The van der Waals surface area contributed by atoms with Gasteiger partial charge >= 0.3 is 13.9 Å². The van der Waals surface area contributed by atoms with E-state index < -0.39 is 221 Å². The van der Waals surface area contributed by atoms with Crippen LogP contribution in [0.4, 0.5) is 4.79 Å². The van der Waals surface area contributed by atoms with Gasteiger partial charge in [-0.25, -0.2) is 9.36 Å². The molecule has 5 fully saturated rings. The van der Waals surface area contributed by atoms with Crippen LogP contribution in [0.2, 0.25) is 0 Å². The number of ketones is 1. The van der Waals surface area contributed by atoms with E-state index in [0.29, 0.717) is 0 Å². The summed E-state index contributed by atoms with van der Waals surface area (Å²) >= 11 is 0. The number of phosphoric acid groups is 1. The third-order valence-corrected chi connectivity index (χ3v) is 13.4. The molecule has 0 bridgehead atoms. The average molecular weight is 1140 g/mol. The second-order valence-corrected chi connectivity index (χ2v) is 19.7. The number of carbonyl (C=O) groups is 6. The molecule has 25 atom stereocenters. The first-order valence-electron chi connectivity index (χ1n) is 23.3. The Labute approximate surface area is 433 Å². The van der Waals surface area contributed by atoms with Gasteiger partial charge in [0.15, 0.2) is 61.6 Å². The van der Waals surface area contributed by atoms with Gasteiger partial charge in [-0.2, -0.15) is 0 Å². The number of hydrogen-bond acceptors (Lipinski definition) is 29. The van der Waals surface area contributed by atoms with Crippen LogP contribution >= 0.6 is 7.82 Å². The first-order chi connectivity index (χ1) is 35.9. The van der Waals surface area contributed by atoms with E-state index >= 15 is 0 Å². The zero-order chi connectivity index (χ0) is 57.3. The SMILES string of the molecule is CC(=O)NC1C(OC2C(COC3OC(CO)C(O)C(O)C3O)OC(OC3C(OP(=O)(O)O)OC(C(N)=O)C(O)C3OC(N)=O)C(NC(C)=O)C2O)OC(C)C(OC2OC(C(=O)NC3=C(O)CCC3=O)C(O)C(O)C2O)C1O. The number of ether oxygens (including phenoxy) is 10. The molecule has 5 aliphatic heterocycles. The summed E-state index contributed by atoms with van der Waals surface area (Å²) in [7, 11) is -5.72. The predicted octanol–water partition coefficient (Wildman–Crippen LogP) is -10.6. The molecule has 6 aliphatic rings. The number of aliphatic hydroxyl groups is 11. The van der Waals surface area contributed by atoms with Crippen molar-refractivity contribution in [3.8, 4) is 0 Å². The second-order valence-electron chi connectivity index (χ2n) is 18.5. The zero-order valence-corrected chi connectivity index (χ0v) is 41.4. The number of hydrogen-bond donors (Lipinski definition) is 18. The molecule has 77 heavy (non-hydrogen) atoms. The minimum atomic E-state index is -5.72. The summed E-state index contributed by atoms with van der Waals surface area (Å²) in [6, 6.07) is -3.85. The molecule has 1 aliphatic carbocycles. The van der Waals surface area contributed by atoms with Crippen molar-refractivity contribution in [2.45, 2.75) is 187 Å². The van der Waals surface area contributed by atoms with Gasteiger partial charge in [-0.1, -0.05) is 0 Å². The molecule has 5 amide bonds. The third kappa shape index (κ3) is 14.2. The Hall–Kier alpha value is -4.29. The molecule has 20 N–H and O–H groups in total. The van der Waals surface area contributed by atoms with Gasteiger partial charge in [0.05, 0.1) is 19.3 Å². The monoisotopic (exact) mass is 1140 g/mol. The van der Waals surface area contributed by atoms with E-state index in [-0.39, 0.29) is 12.8 Å². The fourth-order valence-electron chi connectivity index (χ4n) is 9.15. The van der Waals surface area contributed by atoms with E-state index in [1.165, 1.54) is 6.92 Å². The van der Waals surface area contributed by atoms with Crippen LogP contribution in [-0.2, 0) is 80.4 Å². The maximum Gasteiger partial charge on any atom is 0.472 e. The van der Waals surface area contributed by atoms with Gasteiger partial charge in [0, 0.05) is 26.7 Å². The van der Waals surface area contributed by atoms with Crippen molar-refractivity contribution in [1.29, 1.82) is 0 Å². The molecule has 0 aromatic rings. The molecule has 6 rings (SSSR count). The van der Waals surface area contributed by atoms with Crippen LogP contribution in [0.25, 0.3) is 0 Å². The van der Waals surface area contributed by atoms with E-state index in [2.05, 4.69) is 20.5 Å². The first kappa shape index (κ1) is 61.9. The molecule has 36 nitrogen and oxygen atoms in total. The molecule has 0 aromatic carbocycles. The van der Waals surface area contributed by atoms with Gasteiger partial charge in [-0.15, -0.1) is 0 Å². The number of nitrogens with two attached hydrogens (primary N) is 2. The Bertz CT molecular complexity index is 2230. The quantitative estimate of drug-likeness (QED) is 0.0567. The number of aliphatic hydroxyl groups excluding tert-OH is 11. The van der Waals surface area contributed by atoms with Gasteiger partial charge in [0.1, 0.15) is 103 Å². The lowest BCUT2D eigenvalue weighted by Gasteiger charge is -2.50. The van der Waals surface area contributed by atoms with Crippen LogP contribution < -0.4 is 27.4 Å². The van der Waals surface area contributed by atoms with Crippen LogP contribution in [0.3, 0.4) is 0 Å². The third-order valence-electron chi connectivity index (χ3n) is 12.9. The van der Waals surface area contributed by atoms with Crippen LogP contribution in [0.15, 0.2) is 11.5 Å². The highest BCUT2D eigenvalue weighted by Crippen LogP contribution is 2.43. The summed E-state index contributed by atoms with van der Waals surface area (Å²) in [4.78, 5) is 95.0. The summed E-state index contributed by atoms with van der Waals surface area (Å²) in [6.45, 7) is 1.14. The Morgan fingerprint density at radius 3 is 1.70 bits per heavy atom. The van der Waals surface area contributed by atoms with E-state index in [1.54, 1.807) is 0 Å². The zero-order valence-electron chi connectivity index (χ0n) is 40.5. The lowest BCUT2D eigenvalue weighted by Crippen LogP contribution is -2.71. The van der Waals surface area contributed by atoms with Gasteiger partial charge in [-0.05, 0) is 6.92 Å². The number of allylic oxidation sites excluding steroid dienone is 2. The number of carbonyl (C=O) groups excluding carboxylic acids is 6. The van der Waals surface area contributed by atoms with Crippen molar-refractivity contribution in [3.63, 3.8) is 0 Å². The molecule has 37 heteroatoms. The number of primary amides is 2. The molecule has 0 spiro atoms. The van der Waals surface area contributed by atoms with Crippen LogP contribution in [0.5, 0.6) is 0 Å². The smallest absolute Gasteiger partial charge is 0.472 e. The van der Waals surface area contributed by atoms with Crippen molar-refractivity contribution < 1.29 is 151 Å². The van der Waals surface area contributed by atoms with E-state index in [9.17, 15) is 99.3 Å². The van der Waals surface area contributed by atoms with Gasteiger partial charge in [0.25, 0.3) is 5.91 Å². The highest BCUT2D eigenvalue weighted by Gasteiger charge is 2.59. The van der Waals surface area contributed by atoms with E-state index in [0.717, 1.165) is 13.8 Å². The number of amides is 5. The summed E-state index contributed by atoms with van der Waals surface area (Å²) in [5, 5.41) is 126. The Morgan fingerprint density at radius 1 is 0.623 bits per heavy atom. The summed E-state index contributed by atoms with van der Waals surface area (Å²) in [5.41, 5.74) is 10.00. The fourth-order valence-corrected chi connectivity index (χ4v) is 9.59. The van der Waals surface area contributed by atoms with Crippen molar-refractivity contribution in [2.75, 3.05) is 13.2 Å². The highest BCUT2D eigenvalue weighted by molar-refractivity contribution is 7.46. The molecule has 0 aromatic heterocycles. The minimum Gasteiger partial charge on any atom is -0.510 e. The van der Waals surface area contributed by atoms with Crippen molar-refractivity contribution >= 4 is 43.3 Å². The van der Waals surface area contributed by atoms with E-state index in [4.69, 9.17) is 58.8 Å². The Kier molecular flexibility index (Phi) is 20.5. The number of rotatable bonds is 18. The fraction of sp³-hybridized carbons (Fsp3) is 0.800. The molecule has 25 unspecified atom stereocenters. The predicted molar refractivity (Wildman–Crippen MR) is 235 cm³/mol. The Morgan fingerprint density at radius 2 is 1.16 bits per heavy atom. The number of Topliss-reactive ketones (excluding diaryl/α,β-unsaturated/α-hetero) is 1. The van der Waals surface area contributed by atoms with Crippen molar-refractivity contribution in [1.82, 2.24) is 16.0 Å². The largest absolute Gasteiger partial charge is 0.510 e. The maximum absolute atomic E-state index is 13.2. The molecule has 438 valence electrons. The average Bonchev–Trinajstić information content (AvgIpc) is 3.65. The summed E-state index contributed by atoms with van der Waals surface area (Å²) in [6.07, 6.45) is -49.9.